The summed E-state index contributed by atoms with van der Waals surface area (Å²) in [6.07, 6.45) is 0. The Labute approximate surface area is 86.4 Å². The predicted molar refractivity (Wildman–Crippen MR) is 52.8 cm³/mol. The van der Waals surface area contributed by atoms with Crippen LogP contribution in [-0.4, -0.2) is 29.2 Å². The van der Waals surface area contributed by atoms with E-state index in [-0.39, 0.29) is 5.56 Å². The molecule has 5 nitrogen and oxygen atoms in total. The molecule has 0 aliphatic rings. The van der Waals surface area contributed by atoms with Crippen molar-refractivity contribution < 1.29 is 19.8 Å². The van der Waals surface area contributed by atoms with E-state index < -0.39 is 18.0 Å². The molecule has 3 N–H and O–H groups in total. The second kappa shape index (κ2) is 4.56. The standard InChI is InChI=1S/C10H11NO4/c1-11-8(10(14)15)6-2-4-7(5-3-6)9(12)13/h2-5,8,11H,1H3,(H,12,13)(H,14,15). The number of benzene rings is 1. The van der Waals surface area contributed by atoms with Gasteiger partial charge in [-0.2, -0.15) is 0 Å². The summed E-state index contributed by atoms with van der Waals surface area (Å²) in [5.74, 6) is -2.03. The van der Waals surface area contributed by atoms with E-state index in [2.05, 4.69) is 5.32 Å². The van der Waals surface area contributed by atoms with Crippen molar-refractivity contribution in [2.45, 2.75) is 6.04 Å². The molecule has 1 aromatic carbocycles. The summed E-state index contributed by atoms with van der Waals surface area (Å²) in [6, 6.07) is 4.92. The molecule has 0 aliphatic carbocycles. The summed E-state index contributed by atoms with van der Waals surface area (Å²) in [4.78, 5) is 21.3. The number of aliphatic carboxylic acids is 1. The largest absolute Gasteiger partial charge is 0.480 e. The van der Waals surface area contributed by atoms with Gasteiger partial charge in [-0.25, -0.2) is 4.79 Å². The van der Waals surface area contributed by atoms with Crippen LogP contribution in [0.1, 0.15) is 22.0 Å². The van der Waals surface area contributed by atoms with Gasteiger partial charge in [0.05, 0.1) is 5.56 Å². The van der Waals surface area contributed by atoms with Gasteiger partial charge in [-0.15, -0.1) is 0 Å². The zero-order chi connectivity index (χ0) is 11.4. The third-order valence-electron chi connectivity index (χ3n) is 2.03. The molecule has 0 aromatic heterocycles. The molecule has 0 bridgehead atoms. The van der Waals surface area contributed by atoms with Gasteiger partial charge in [0.25, 0.3) is 0 Å². The molecule has 0 saturated heterocycles. The highest BCUT2D eigenvalue weighted by atomic mass is 16.4. The van der Waals surface area contributed by atoms with Crippen LogP contribution in [0, 0.1) is 0 Å². The maximum atomic E-state index is 10.8. The van der Waals surface area contributed by atoms with Gasteiger partial charge in [0.15, 0.2) is 0 Å². The Bertz CT molecular complexity index is 372. The minimum absolute atomic E-state index is 0.138. The molecule has 0 amide bonds. The Morgan fingerprint density at radius 2 is 1.73 bits per heavy atom. The molecular weight excluding hydrogens is 198 g/mol. The van der Waals surface area contributed by atoms with Crippen molar-refractivity contribution in [3.63, 3.8) is 0 Å². The molecule has 0 saturated carbocycles. The maximum absolute atomic E-state index is 10.8. The summed E-state index contributed by atoms with van der Waals surface area (Å²) >= 11 is 0. The summed E-state index contributed by atoms with van der Waals surface area (Å²) in [5, 5.41) is 20.1. The topological polar surface area (TPSA) is 86.6 Å². The second-order valence-corrected chi connectivity index (χ2v) is 2.99. The van der Waals surface area contributed by atoms with Crippen LogP contribution in [0.4, 0.5) is 0 Å². The van der Waals surface area contributed by atoms with Gasteiger partial charge < -0.3 is 15.5 Å². The summed E-state index contributed by atoms with van der Waals surface area (Å²) < 4.78 is 0. The molecule has 5 heteroatoms. The molecule has 0 fully saturated rings. The van der Waals surface area contributed by atoms with Gasteiger partial charge in [-0.05, 0) is 24.7 Å². The lowest BCUT2D eigenvalue weighted by Crippen LogP contribution is -2.24. The average molecular weight is 209 g/mol. The molecule has 1 rings (SSSR count). The normalized spacial score (nSPS) is 12.1. The molecule has 0 spiro atoms. The highest BCUT2D eigenvalue weighted by Gasteiger charge is 2.17. The van der Waals surface area contributed by atoms with Crippen LogP contribution < -0.4 is 5.32 Å². The van der Waals surface area contributed by atoms with Crippen molar-refractivity contribution >= 4 is 11.9 Å². The lowest BCUT2D eigenvalue weighted by molar-refractivity contribution is -0.139. The fraction of sp³-hybridized carbons (Fsp3) is 0.200. The molecular formula is C10H11NO4. The van der Waals surface area contributed by atoms with Gasteiger partial charge in [0.1, 0.15) is 6.04 Å². The highest BCUT2D eigenvalue weighted by Crippen LogP contribution is 2.13. The van der Waals surface area contributed by atoms with E-state index in [9.17, 15) is 9.59 Å². The third kappa shape index (κ3) is 2.54. The number of carboxylic acid groups (broad SMARTS) is 2. The number of nitrogens with one attached hydrogen (secondary N) is 1. The van der Waals surface area contributed by atoms with E-state index in [0.29, 0.717) is 5.56 Å². The van der Waals surface area contributed by atoms with E-state index in [1.165, 1.54) is 31.3 Å². The van der Waals surface area contributed by atoms with Crippen molar-refractivity contribution in [2.75, 3.05) is 7.05 Å². The molecule has 80 valence electrons. The second-order valence-electron chi connectivity index (χ2n) is 2.99. The van der Waals surface area contributed by atoms with Crippen LogP contribution in [0.5, 0.6) is 0 Å². The van der Waals surface area contributed by atoms with Gasteiger partial charge in [0.2, 0.25) is 0 Å². The summed E-state index contributed by atoms with van der Waals surface area (Å²) in [7, 11) is 1.53. The molecule has 0 radical (unpaired) electrons. The SMILES string of the molecule is CNC(C(=O)O)c1ccc(C(=O)O)cc1. The van der Waals surface area contributed by atoms with Crippen molar-refractivity contribution in [1.82, 2.24) is 5.32 Å². The van der Waals surface area contributed by atoms with Crippen LogP contribution >= 0.6 is 0 Å². The molecule has 0 heterocycles. The number of hydrogen-bond donors (Lipinski definition) is 3. The predicted octanol–water partition coefficient (Wildman–Crippen LogP) is 0.730. The minimum atomic E-state index is -1.03. The summed E-state index contributed by atoms with van der Waals surface area (Å²) in [6.45, 7) is 0. The number of aromatic carboxylic acids is 1. The number of carboxylic acids is 2. The van der Waals surface area contributed by atoms with E-state index >= 15 is 0 Å². The zero-order valence-electron chi connectivity index (χ0n) is 8.10. The molecule has 1 aromatic rings. The Kier molecular flexibility index (Phi) is 3.41. The van der Waals surface area contributed by atoms with Crippen LogP contribution in [-0.2, 0) is 4.79 Å². The monoisotopic (exact) mass is 209 g/mol. The maximum Gasteiger partial charge on any atom is 0.335 e. The van der Waals surface area contributed by atoms with Gasteiger partial charge in [-0.1, -0.05) is 12.1 Å². The third-order valence-corrected chi connectivity index (χ3v) is 2.03. The fourth-order valence-corrected chi connectivity index (χ4v) is 1.25. The van der Waals surface area contributed by atoms with Crippen LogP contribution in [0.25, 0.3) is 0 Å². The molecule has 1 atom stereocenters. The first kappa shape index (κ1) is 11.2. The highest BCUT2D eigenvalue weighted by molar-refractivity contribution is 5.87. The van der Waals surface area contributed by atoms with E-state index in [1.54, 1.807) is 0 Å². The Morgan fingerprint density at radius 1 is 1.20 bits per heavy atom. The minimum Gasteiger partial charge on any atom is -0.480 e. The van der Waals surface area contributed by atoms with E-state index in [0.717, 1.165) is 0 Å². The van der Waals surface area contributed by atoms with Gasteiger partial charge in [-0.3, -0.25) is 4.79 Å². The van der Waals surface area contributed by atoms with Crippen LogP contribution in [0.15, 0.2) is 24.3 Å². The fourth-order valence-electron chi connectivity index (χ4n) is 1.25. The lowest BCUT2D eigenvalue weighted by atomic mass is 10.1. The smallest absolute Gasteiger partial charge is 0.335 e. The van der Waals surface area contributed by atoms with Crippen molar-refractivity contribution in [3.05, 3.63) is 35.4 Å². The number of carbonyl (C=O) groups is 2. The molecule has 15 heavy (non-hydrogen) atoms. The van der Waals surface area contributed by atoms with Crippen LogP contribution in [0.3, 0.4) is 0 Å². The first-order valence-corrected chi connectivity index (χ1v) is 4.29. The van der Waals surface area contributed by atoms with E-state index in [1.807, 2.05) is 0 Å². The molecule has 0 aliphatic heterocycles. The average Bonchev–Trinajstić information content (AvgIpc) is 2.19. The Balaban J connectivity index is 2.97. The number of rotatable bonds is 4. The number of likely N-dealkylation sites (N-methyl/N-ethyl adjacent to an activating group) is 1. The van der Waals surface area contributed by atoms with Crippen molar-refractivity contribution in [1.29, 1.82) is 0 Å². The van der Waals surface area contributed by atoms with Crippen LogP contribution in [0.2, 0.25) is 0 Å². The lowest BCUT2D eigenvalue weighted by Gasteiger charge is -2.11. The summed E-state index contributed by atoms with van der Waals surface area (Å²) in [5.41, 5.74) is 0.661. The quantitative estimate of drug-likeness (QED) is 0.680. The molecule has 1 unspecified atom stereocenters. The van der Waals surface area contributed by atoms with Crippen molar-refractivity contribution in [2.24, 2.45) is 0 Å². The Morgan fingerprint density at radius 3 is 2.07 bits per heavy atom. The first-order valence-electron chi connectivity index (χ1n) is 4.29. The Hall–Kier alpha value is -1.88. The van der Waals surface area contributed by atoms with Crippen molar-refractivity contribution in [3.8, 4) is 0 Å². The zero-order valence-corrected chi connectivity index (χ0v) is 8.10. The van der Waals surface area contributed by atoms with E-state index in [4.69, 9.17) is 10.2 Å². The first-order chi connectivity index (χ1) is 7.06. The van der Waals surface area contributed by atoms with Gasteiger partial charge >= 0.3 is 11.9 Å². The van der Waals surface area contributed by atoms with Gasteiger partial charge in [0, 0.05) is 0 Å². The number of hydrogen-bond acceptors (Lipinski definition) is 3.